The molecule has 3 aromatic rings. The van der Waals surface area contributed by atoms with Gasteiger partial charge in [0.25, 0.3) is 0 Å². The average Bonchev–Trinajstić information content (AvgIpc) is 2.59. The van der Waals surface area contributed by atoms with E-state index < -0.39 is 46.5 Å². The van der Waals surface area contributed by atoms with Crippen molar-refractivity contribution < 1.29 is 35.5 Å². The highest BCUT2D eigenvalue weighted by Crippen LogP contribution is 2.37. The Morgan fingerprint density at radius 1 is 0.690 bits per heavy atom. The normalized spacial score (nSPS) is 11.2. The summed E-state index contributed by atoms with van der Waals surface area (Å²) in [4.78, 5) is 0. The molecule has 0 radical (unpaired) electrons. The molecule has 0 bridgehead atoms. The van der Waals surface area contributed by atoms with Crippen LogP contribution in [-0.2, 0) is 6.11 Å². The zero-order valence-corrected chi connectivity index (χ0v) is 14.2. The molecule has 0 aliphatic carbocycles. The van der Waals surface area contributed by atoms with Crippen molar-refractivity contribution in [1.29, 1.82) is 0 Å². The van der Waals surface area contributed by atoms with E-state index in [-0.39, 0.29) is 25.1 Å². The third kappa shape index (κ3) is 4.52. The van der Waals surface area contributed by atoms with E-state index in [4.69, 9.17) is 0 Å². The molecular formula is C21H15F7O. The third-order valence-electron chi connectivity index (χ3n) is 3.92. The van der Waals surface area contributed by atoms with Crippen molar-refractivity contribution >= 4 is 0 Å². The number of hydrogen-bond donors (Lipinski definition) is 0. The molecule has 154 valence electrons. The van der Waals surface area contributed by atoms with Crippen LogP contribution in [0.25, 0.3) is 11.1 Å². The van der Waals surface area contributed by atoms with Crippen LogP contribution in [0.4, 0.5) is 30.7 Å². The first-order chi connectivity index (χ1) is 13.1. The summed E-state index contributed by atoms with van der Waals surface area (Å²) in [7, 11) is 0. The molecule has 0 heterocycles. The maximum Gasteiger partial charge on any atom is 0.432 e. The van der Waals surface area contributed by atoms with Crippen LogP contribution in [0, 0.1) is 36.0 Å². The average molecular weight is 416 g/mol. The van der Waals surface area contributed by atoms with Gasteiger partial charge in [0.05, 0.1) is 0 Å². The lowest BCUT2D eigenvalue weighted by Gasteiger charge is -2.20. The fourth-order valence-electron chi connectivity index (χ4n) is 2.55. The number of alkyl halides is 2. The number of rotatable bonds is 4. The lowest BCUT2D eigenvalue weighted by atomic mass is 10.0. The molecule has 0 saturated carbocycles. The van der Waals surface area contributed by atoms with E-state index in [1.165, 1.54) is 0 Å². The fourth-order valence-corrected chi connectivity index (χ4v) is 2.55. The van der Waals surface area contributed by atoms with Crippen LogP contribution in [0.1, 0.15) is 18.6 Å². The Balaban J connectivity index is 0.00000300. The van der Waals surface area contributed by atoms with Crippen LogP contribution < -0.4 is 4.74 Å². The molecule has 0 amide bonds. The van der Waals surface area contributed by atoms with E-state index in [1.54, 1.807) is 31.2 Å². The van der Waals surface area contributed by atoms with Gasteiger partial charge in [-0.25, -0.2) is 22.0 Å². The van der Waals surface area contributed by atoms with Gasteiger partial charge in [-0.05, 0) is 30.2 Å². The largest absolute Gasteiger partial charge is 0.432 e. The van der Waals surface area contributed by atoms with Gasteiger partial charge >= 0.3 is 6.11 Å². The summed E-state index contributed by atoms with van der Waals surface area (Å²) in [6.07, 6.45) is -4.61. The van der Waals surface area contributed by atoms with Crippen molar-refractivity contribution in [3.8, 4) is 16.9 Å². The molecule has 0 spiro atoms. The maximum absolute atomic E-state index is 14.3. The molecule has 0 aliphatic heterocycles. The molecule has 0 fully saturated rings. The van der Waals surface area contributed by atoms with E-state index >= 15 is 0 Å². The van der Waals surface area contributed by atoms with Crippen molar-refractivity contribution in [2.24, 2.45) is 0 Å². The van der Waals surface area contributed by atoms with Gasteiger partial charge in [0.15, 0.2) is 17.5 Å². The van der Waals surface area contributed by atoms with Crippen LogP contribution in [0.3, 0.4) is 0 Å². The lowest BCUT2D eigenvalue weighted by Crippen LogP contribution is -2.25. The van der Waals surface area contributed by atoms with Gasteiger partial charge in [-0.3, -0.25) is 0 Å². The van der Waals surface area contributed by atoms with E-state index in [1.807, 2.05) is 0 Å². The summed E-state index contributed by atoms with van der Waals surface area (Å²) < 4.78 is 100. The quantitative estimate of drug-likeness (QED) is 0.325. The van der Waals surface area contributed by atoms with Gasteiger partial charge in [-0.1, -0.05) is 37.3 Å². The van der Waals surface area contributed by atoms with Gasteiger partial charge in [0.1, 0.15) is 22.9 Å². The molecular weight excluding hydrogens is 401 g/mol. The molecule has 8 heteroatoms. The Hall–Kier alpha value is -3.03. The fraction of sp³-hybridized carbons (Fsp3) is 0.143. The molecule has 29 heavy (non-hydrogen) atoms. The second-order valence-corrected chi connectivity index (χ2v) is 6.00. The third-order valence-corrected chi connectivity index (χ3v) is 3.92. The van der Waals surface area contributed by atoms with Gasteiger partial charge < -0.3 is 4.74 Å². The minimum atomic E-state index is -4.61. The molecule has 3 rings (SSSR count). The minimum Gasteiger partial charge on any atom is -0.429 e. The molecule has 0 N–H and O–H groups in total. The number of hydrogen-bond acceptors (Lipinski definition) is 1. The second kappa shape index (κ2) is 8.14. The molecule has 0 saturated heterocycles. The van der Waals surface area contributed by atoms with Crippen LogP contribution >= 0.6 is 0 Å². The van der Waals surface area contributed by atoms with Crippen molar-refractivity contribution in [2.75, 3.05) is 0 Å². The number of halogens is 7. The van der Waals surface area contributed by atoms with Crippen molar-refractivity contribution in [2.45, 2.75) is 20.5 Å². The number of benzene rings is 3. The Labute approximate surface area is 162 Å². The monoisotopic (exact) mass is 416 g/mol. The summed E-state index contributed by atoms with van der Waals surface area (Å²) in [5.41, 5.74) is -0.455. The predicted molar refractivity (Wildman–Crippen MR) is 94.1 cm³/mol. The second-order valence-electron chi connectivity index (χ2n) is 6.00. The van der Waals surface area contributed by atoms with Crippen molar-refractivity contribution in [3.05, 3.63) is 88.7 Å². The summed E-state index contributed by atoms with van der Waals surface area (Å²) in [6, 6.07) is 8.12. The molecule has 0 aromatic heterocycles. The van der Waals surface area contributed by atoms with Gasteiger partial charge in [-0.2, -0.15) is 8.78 Å². The lowest BCUT2D eigenvalue weighted by molar-refractivity contribution is -0.189. The topological polar surface area (TPSA) is 9.23 Å². The van der Waals surface area contributed by atoms with E-state index in [0.717, 1.165) is 5.56 Å². The highest BCUT2D eigenvalue weighted by Gasteiger charge is 2.41. The predicted octanol–water partition coefficient (Wildman–Crippen LogP) is 7.12. The zero-order chi connectivity index (χ0) is 20.6. The number of ether oxygens (including phenoxy) is 1. The Morgan fingerprint density at radius 2 is 1.17 bits per heavy atom. The highest BCUT2D eigenvalue weighted by molar-refractivity contribution is 5.64. The van der Waals surface area contributed by atoms with Crippen molar-refractivity contribution in [3.63, 3.8) is 0 Å². The highest BCUT2D eigenvalue weighted by atomic mass is 19.3. The van der Waals surface area contributed by atoms with Crippen LogP contribution in [-0.4, -0.2) is 0 Å². The minimum absolute atomic E-state index is 0. The first kappa shape index (κ1) is 22.3. The van der Waals surface area contributed by atoms with E-state index in [2.05, 4.69) is 4.74 Å². The SMILES string of the molecule is C.Cc1ccc(-c2cc(F)c(C(F)(F)Oc3cc(F)c(F)c(F)c3)c(F)c2)cc1. The summed E-state index contributed by atoms with van der Waals surface area (Å²) in [5.74, 6) is -9.85. The summed E-state index contributed by atoms with van der Waals surface area (Å²) >= 11 is 0. The smallest absolute Gasteiger partial charge is 0.429 e. The standard InChI is InChI=1S/C20H11F7O.CH4/c1-10-2-4-11(5-3-10)12-6-14(21)18(15(22)7-12)20(26,27)28-13-8-16(23)19(25)17(24)9-13;/h2-9H,1H3;1H4. The molecule has 0 atom stereocenters. The van der Waals surface area contributed by atoms with Crippen molar-refractivity contribution in [1.82, 2.24) is 0 Å². The maximum atomic E-state index is 14.3. The Bertz CT molecular complexity index is 984. The molecule has 0 unspecified atom stereocenters. The Morgan fingerprint density at radius 3 is 1.66 bits per heavy atom. The summed E-state index contributed by atoms with van der Waals surface area (Å²) in [5, 5.41) is 0. The Kier molecular flexibility index (Phi) is 6.25. The van der Waals surface area contributed by atoms with Gasteiger partial charge in [0.2, 0.25) is 0 Å². The van der Waals surface area contributed by atoms with Gasteiger partial charge in [-0.15, -0.1) is 0 Å². The van der Waals surface area contributed by atoms with Crippen LogP contribution in [0.15, 0.2) is 48.5 Å². The molecule has 1 nitrogen and oxygen atoms in total. The first-order valence-electron chi connectivity index (χ1n) is 7.86. The molecule has 0 aliphatic rings. The zero-order valence-electron chi connectivity index (χ0n) is 14.2. The first-order valence-corrected chi connectivity index (χ1v) is 7.86. The van der Waals surface area contributed by atoms with Crippen LogP contribution in [0.5, 0.6) is 5.75 Å². The summed E-state index contributed by atoms with van der Waals surface area (Å²) in [6.45, 7) is 1.80. The van der Waals surface area contributed by atoms with Crippen LogP contribution in [0.2, 0.25) is 0 Å². The molecule has 3 aromatic carbocycles. The van der Waals surface area contributed by atoms with Gasteiger partial charge in [0, 0.05) is 12.1 Å². The van der Waals surface area contributed by atoms with E-state index in [9.17, 15) is 30.7 Å². The number of aryl methyl sites for hydroxylation is 1. The van der Waals surface area contributed by atoms with E-state index in [0.29, 0.717) is 17.7 Å².